The van der Waals surface area contributed by atoms with E-state index in [9.17, 15) is 14.3 Å². The molecule has 100 valence electrons. The number of nitrogens with zero attached hydrogens (tertiary/aromatic N) is 1. The number of hydrogen-bond acceptors (Lipinski definition) is 3. The highest BCUT2D eigenvalue weighted by atomic mass is 19.1. The third-order valence-corrected chi connectivity index (χ3v) is 2.78. The number of nitrogens with one attached hydrogen (secondary N) is 1. The van der Waals surface area contributed by atoms with Crippen molar-refractivity contribution in [1.29, 1.82) is 5.26 Å². The summed E-state index contributed by atoms with van der Waals surface area (Å²) in [6.45, 7) is 1.79. The maximum atomic E-state index is 13.1. The van der Waals surface area contributed by atoms with Crippen molar-refractivity contribution in [2.24, 2.45) is 0 Å². The number of hydrogen-bond donors (Lipinski definition) is 2. The average Bonchev–Trinajstić information content (AvgIpc) is 2.42. The number of carboxylic acid groups (broad SMARTS) is 1. The normalized spacial score (nSPS) is 9.85. The second kappa shape index (κ2) is 5.41. The van der Waals surface area contributed by atoms with Gasteiger partial charge in [-0.05, 0) is 37.3 Å². The third-order valence-electron chi connectivity index (χ3n) is 2.78. The molecule has 5 heteroatoms. The van der Waals surface area contributed by atoms with Gasteiger partial charge in [0.15, 0.2) is 0 Å². The zero-order valence-electron chi connectivity index (χ0n) is 10.6. The fraction of sp³-hybridized carbons (Fsp3) is 0.0667. The van der Waals surface area contributed by atoms with Crippen LogP contribution in [-0.4, -0.2) is 11.1 Å². The van der Waals surface area contributed by atoms with E-state index in [0.29, 0.717) is 11.4 Å². The molecular weight excluding hydrogens is 259 g/mol. The van der Waals surface area contributed by atoms with Crippen LogP contribution in [0.1, 0.15) is 21.5 Å². The van der Waals surface area contributed by atoms with Crippen LogP contribution < -0.4 is 5.32 Å². The highest BCUT2D eigenvalue weighted by molar-refractivity contribution is 5.95. The van der Waals surface area contributed by atoms with Crippen molar-refractivity contribution in [3.8, 4) is 6.07 Å². The number of aryl methyl sites for hydroxylation is 1. The summed E-state index contributed by atoms with van der Waals surface area (Å²) in [6, 6.07) is 10.5. The van der Waals surface area contributed by atoms with Crippen LogP contribution in [-0.2, 0) is 0 Å². The first-order valence-electron chi connectivity index (χ1n) is 5.82. The van der Waals surface area contributed by atoms with Gasteiger partial charge in [0.1, 0.15) is 11.9 Å². The monoisotopic (exact) mass is 270 g/mol. The molecule has 0 aliphatic heterocycles. The Morgan fingerprint density at radius 2 is 1.95 bits per heavy atom. The second-order valence-electron chi connectivity index (χ2n) is 4.28. The van der Waals surface area contributed by atoms with E-state index in [1.54, 1.807) is 19.1 Å². The maximum absolute atomic E-state index is 13.1. The Kier molecular flexibility index (Phi) is 3.67. The van der Waals surface area contributed by atoms with E-state index in [2.05, 4.69) is 5.32 Å². The Balaban J connectivity index is 2.45. The standard InChI is InChI=1S/C15H11FN2O2/c1-9-2-4-14(12(6-9)15(19)20)18-13-5-3-11(16)7-10(13)8-17/h2-7,18H,1H3,(H,19,20). The van der Waals surface area contributed by atoms with Crippen molar-refractivity contribution in [1.82, 2.24) is 0 Å². The molecule has 0 radical (unpaired) electrons. The van der Waals surface area contributed by atoms with Gasteiger partial charge in [-0.25, -0.2) is 9.18 Å². The number of benzene rings is 2. The topological polar surface area (TPSA) is 73.1 Å². The van der Waals surface area contributed by atoms with Gasteiger partial charge in [0, 0.05) is 0 Å². The van der Waals surface area contributed by atoms with E-state index in [4.69, 9.17) is 5.26 Å². The zero-order chi connectivity index (χ0) is 14.7. The highest BCUT2D eigenvalue weighted by Gasteiger charge is 2.12. The predicted octanol–water partition coefficient (Wildman–Crippen LogP) is 3.45. The Labute approximate surface area is 115 Å². The van der Waals surface area contributed by atoms with Crippen LogP contribution in [0, 0.1) is 24.1 Å². The van der Waals surface area contributed by atoms with Gasteiger partial charge < -0.3 is 10.4 Å². The molecule has 0 fully saturated rings. The number of carbonyl (C=O) groups is 1. The van der Waals surface area contributed by atoms with Gasteiger partial charge >= 0.3 is 5.97 Å². The summed E-state index contributed by atoms with van der Waals surface area (Å²) in [5, 5.41) is 21.0. The first-order chi connectivity index (χ1) is 9.51. The minimum atomic E-state index is -1.07. The molecule has 4 nitrogen and oxygen atoms in total. The molecule has 0 aliphatic rings. The summed E-state index contributed by atoms with van der Waals surface area (Å²) >= 11 is 0. The third kappa shape index (κ3) is 2.75. The molecule has 2 aromatic carbocycles. The molecular formula is C15H11FN2O2. The maximum Gasteiger partial charge on any atom is 0.337 e. The fourth-order valence-electron chi connectivity index (χ4n) is 1.81. The molecule has 2 rings (SSSR count). The zero-order valence-corrected chi connectivity index (χ0v) is 10.6. The molecule has 0 spiro atoms. The van der Waals surface area contributed by atoms with Crippen LogP contribution in [0.15, 0.2) is 36.4 Å². The van der Waals surface area contributed by atoms with Crippen LogP contribution in [0.25, 0.3) is 0 Å². The summed E-state index contributed by atoms with van der Waals surface area (Å²) < 4.78 is 13.1. The molecule has 0 saturated carbocycles. The van der Waals surface area contributed by atoms with E-state index < -0.39 is 11.8 Å². The lowest BCUT2D eigenvalue weighted by Gasteiger charge is -2.11. The van der Waals surface area contributed by atoms with Gasteiger partial charge in [-0.15, -0.1) is 0 Å². The number of rotatable bonds is 3. The SMILES string of the molecule is Cc1ccc(Nc2ccc(F)cc2C#N)c(C(=O)O)c1. The molecule has 0 atom stereocenters. The molecule has 20 heavy (non-hydrogen) atoms. The summed E-state index contributed by atoms with van der Waals surface area (Å²) in [5.74, 6) is -1.59. The minimum Gasteiger partial charge on any atom is -0.478 e. The Hall–Kier alpha value is -2.87. The summed E-state index contributed by atoms with van der Waals surface area (Å²) in [4.78, 5) is 11.2. The van der Waals surface area contributed by atoms with Crippen LogP contribution in [0.2, 0.25) is 0 Å². The van der Waals surface area contributed by atoms with Crippen LogP contribution >= 0.6 is 0 Å². The fourth-order valence-corrected chi connectivity index (χ4v) is 1.81. The van der Waals surface area contributed by atoms with Crippen LogP contribution in [0.5, 0.6) is 0 Å². The van der Waals surface area contributed by atoms with Gasteiger partial charge in [-0.1, -0.05) is 11.6 Å². The average molecular weight is 270 g/mol. The van der Waals surface area contributed by atoms with Crippen molar-refractivity contribution in [3.63, 3.8) is 0 Å². The molecule has 0 amide bonds. The molecule has 0 bridgehead atoms. The number of halogens is 1. The first kappa shape index (κ1) is 13.6. The van der Waals surface area contributed by atoms with Crippen LogP contribution in [0.3, 0.4) is 0 Å². The molecule has 0 aliphatic carbocycles. The molecule has 0 saturated heterocycles. The molecule has 2 aromatic rings. The van der Waals surface area contributed by atoms with Crippen molar-refractivity contribution in [3.05, 3.63) is 58.9 Å². The summed E-state index contributed by atoms with van der Waals surface area (Å²) in [7, 11) is 0. The van der Waals surface area contributed by atoms with Gasteiger partial charge in [-0.2, -0.15) is 5.26 Å². The number of aromatic carboxylic acids is 1. The number of nitriles is 1. The number of anilines is 2. The largest absolute Gasteiger partial charge is 0.478 e. The van der Waals surface area contributed by atoms with Crippen molar-refractivity contribution >= 4 is 17.3 Å². The molecule has 0 aromatic heterocycles. The van der Waals surface area contributed by atoms with Gasteiger partial charge in [-0.3, -0.25) is 0 Å². The Bertz CT molecular complexity index is 720. The van der Waals surface area contributed by atoms with E-state index in [1.165, 1.54) is 18.2 Å². The van der Waals surface area contributed by atoms with Crippen molar-refractivity contribution < 1.29 is 14.3 Å². The predicted molar refractivity (Wildman–Crippen MR) is 72.5 cm³/mol. The first-order valence-corrected chi connectivity index (χ1v) is 5.82. The van der Waals surface area contributed by atoms with E-state index >= 15 is 0 Å². The van der Waals surface area contributed by atoms with Gasteiger partial charge in [0.05, 0.1) is 22.5 Å². The quantitative estimate of drug-likeness (QED) is 0.895. The lowest BCUT2D eigenvalue weighted by Crippen LogP contribution is -2.04. The van der Waals surface area contributed by atoms with E-state index in [-0.39, 0.29) is 11.1 Å². The lowest BCUT2D eigenvalue weighted by molar-refractivity contribution is 0.0698. The highest BCUT2D eigenvalue weighted by Crippen LogP contribution is 2.25. The lowest BCUT2D eigenvalue weighted by atomic mass is 10.1. The van der Waals surface area contributed by atoms with E-state index in [0.717, 1.165) is 11.6 Å². The van der Waals surface area contributed by atoms with Crippen molar-refractivity contribution in [2.45, 2.75) is 6.92 Å². The van der Waals surface area contributed by atoms with E-state index in [1.807, 2.05) is 6.07 Å². The Morgan fingerprint density at radius 1 is 1.25 bits per heavy atom. The summed E-state index contributed by atoms with van der Waals surface area (Å²) in [5.41, 5.74) is 1.74. The second-order valence-corrected chi connectivity index (χ2v) is 4.28. The molecule has 0 unspecified atom stereocenters. The van der Waals surface area contributed by atoms with Crippen LogP contribution in [0.4, 0.5) is 15.8 Å². The minimum absolute atomic E-state index is 0.0956. The van der Waals surface area contributed by atoms with Gasteiger partial charge in [0.2, 0.25) is 0 Å². The number of carboxylic acids is 1. The molecule has 0 heterocycles. The van der Waals surface area contributed by atoms with Crippen molar-refractivity contribution in [2.75, 3.05) is 5.32 Å². The summed E-state index contributed by atoms with van der Waals surface area (Å²) in [6.07, 6.45) is 0. The molecule has 2 N–H and O–H groups in total. The smallest absolute Gasteiger partial charge is 0.337 e. The van der Waals surface area contributed by atoms with Gasteiger partial charge in [0.25, 0.3) is 0 Å². The Morgan fingerprint density at radius 3 is 2.60 bits per heavy atom.